The lowest BCUT2D eigenvalue weighted by Gasteiger charge is -2.08. The predicted octanol–water partition coefficient (Wildman–Crippen LogP) is 3.44. The second-order valence-electron chi connectivity index (χ2n) is 6.19. The Labute approximate surface area is 173 Å². The fourth-order valence-electron chi connectivity index (χ4n) is 2.46. The minimum absolute atomic E-state index is 0.0919. The maximum atomic E-state index is 12.3. The smallest absolute Gasteiger partial charge is 0.257 e. The number of hydrogen-bond acceptors (Lipinski definition) is 6. The lowest BCUT2D eigenvalue weighted by atomic mass is 10.1. The molecule has 2 N–H and O–H groups in total. The van der Waals surface area contributed by atoms with Crippen LogP contribution in [0.1, 0.15) is 34.3 Å². The van der Waals surface area contributed by atoms with Gasteiger partial charge in [0.05, 0.1) is 13.0 Å². The van der Waals surface area contributed by atoms with Crippen LogP contribution in [0.5, 0.6) is 5.75 Å². The van der Waals surface area contributed by atoms with Crippen molar-refractivity contribution in [2.45, 2.75) is 26.3 Å². The van der Waals surface area contributed by atoms with E-state index in [1.165, 1.54) is 11.3 Å². The van der Waals surface area contributed by atoms with Gasteiger partial charge in [-0.05, 0) is 36.2 Å². The first-order valence-electron chi connectivity index (χ1n) is 9.31. The third kappa shape index (κ3) is 6.39. The molecule has 29 heavy (non-hydrogen) atoms. The van der Waals surface area contributed by atoms with Crippen LogP contribution in [0.4, 0.5) is 5.13 Å². The zero-order chi connectivity index (χ0) is 20.5. The Morgan fingerprint density at radius 3 is 2.48 bits per heavy atom. The van der Waals surface area contributed by atoms with Crippen molar-refractivity contribution in [2.75, 3.05) is 11.9 Å². The molecule has 0 saturated heterocycles. The maximum Gasteiger partial charge on any atom is 0.257 e. The third-order valence-corrected chi connectivity index (χ3v) is 5.02. The molecule has 2 aromatic carbocycles. The molecule has 1 aromatic heterocycles. The SMILES string of the molecule is CCc1nnc(NC(=O)c2ccc(CNC(=O)CCOc3ccccc3)cc2)s1. The van der Waals surface area contributed by atoms with E-state index in [1.807, 2.05) is 49.4 Å². The van der Waals surface area contributed by atoms with Crippen molar-refractivity contribution >= 4 is 28.3 Å². The largest absolute Gasteiger partial charge is 0.493 e. The van der Waals surface area contributed by atoms with Gasteiger partial charge in [0.1, 0.15) is 10.8 Å². The number of rotatable bonds is 9. The first-order chi connectivity index (χ1) is 14.1. The van der Waals surface area contributed by atoms with E-state index in [2.05, 4.69) is 20.8 Å². The van der Waals surface area contributed by atoms with Crippen LogP contribution in [-0.2, 0) is 17.8 Å². The van der Waals surface area contributed by atoms with Crippen molar-refractivity contribution in [1.82, 2.24) is 15.5 Å². The number of benzene rings is 2. The molecule has 0 aliphatic rings. The summed E-state index contributed by atoms with van der Waals surface area (Å²) in [7, 11) is 0. The highest BCUT2D eigenvalue weighted by molar-refractivity contribution is 7.15. The lowest BCUT2D eigenvalue weighted by Crippen LogP contribution is -2.24. The summed E-state index contributed by atoms with van der Waals surface area (Å²) in [4.78, 5) is 24.2. The zero-order valence-electron chi connectivity index (χ0n) is 16.1. The van der Waals surface area contributed by atoms with Crippen LogP contribution in [-0.4, -0.2) is 28.6 Å². The quantitative estimate of drug-likeness (QED) is 0.564. The second kappa shape index (κ2) is 10.3. The van der Waals surface area contributed by atoms with Crippen LogP contribution in [0.25, 0.3) is 0 Å². The van der Waals surface area contributed by atoms with Gasteiger partial charge in [-0.15, -0.1) is 10.2 Å². The summed E-state index contributed by atoms with van der Waals surface area (Å²) in [5.74, 6) is 0.414. The van der Waals surface area contributed by atoms with Crippen molar-refractivity contribution in [3.63, 3.8) is 0 Å². The molecule has 7 nitrogen and oxygen atoms in total. The first kappa shape index (κ1) is 20.5. The van der Waals surface area contributed by atoms with Crippen molar-refractivity contribution in [3.05, 3.63) is 70.7 Å². The lowest BCUT2D eigenvalue weighted by molar-refractivity contribution is -0.121. The number of nitrogens with one attached hydrogen (secondary N) is 2. The summed E-state index contributed by atoms with van der Waals surface area (Å²) in [5.41, 5.74) is 1.42. The molecule has 0 bridgehead atoms. The molecule has 150 valence electrons. The molecule has 0 aliphatic carbocycles. The number of nitrogens with zero attached hydrogens (tertiary/aromatic N) is 2. The molecule has 0 radical (unpaired) electrons. The predicted molar refractivity (Wildman–Crippen MR) is 112 cm³/mol. The summed E-state index contributed by atoms with van der Waals surface area (Å²) < 4.78 is 5.51. The number of para-hydroxylation sites is 1. The molecule has 0 unspecified atom stereocenters. The third-order valence-electron chi connectivity index (χ3n) is 4.04. The minimum Gasteiger partial charge on any atom is -0.493 e. The van der Waals surface area contributed by atoms with Crippen molar-refractivity contribution in [2.24, 2.45) is 0 Å². The van der Waals surface area contributed by atoms with Gasteiger partial charge in [-0.2, -0.15) is 0 Å². The molecular formula is C21H22N4O3S. The fourth-order valence-corrected chi connectivity index (χ4v) is 3.13. The normalized spacial score (nSPS) is 10.4. The van der Waals surface area contributed by atoms with Gasteiger partial charge >= 0.3 is 0 Å². The molecule has 0 atom stereocenters. The topological polar surface area (TPSA) is 93.2 Å². The van der Waals surface area contributed by atoms with E-state index in [0.29, 0.717) is 23.8 Å². The van der Waals surface area contributed by atoms with Gasteiger partial charge in [-0.1, -0.05) is 48.6 Å². The number of ether oxygens (including phenoxy) is 1. The van der Waals surface area contributed by atoms with Gasteiger partial charge in [-0.3, -0.25) is 14.9 Å². The Balaban J connectivity index is 1.41. The number of amides is 2. The van der Waals surface area contributed by atoms with Gasteiger partial charge < -0.3 is 10.1 Å². The summed E-state index contributed by atoms with van der Waals surface area (Å²) >= 11 is 1.36. The Morgan fingerprint density at radius 1 is 1.03 bits per heavy atom. The number of hydrogen-bond donors (Lipinski definition) is 2. The molecule has 3 aromatic rings. The average Bonchev–Trinajstić information content (AvgIpc) is 3.21. The highest BCUT2D eigenvalue weighted by atomic mass is 32.1. The van der Waals surface area contributed by atoms with Crippen LogP contribution in [0.3, 0.4) is 0 Å². The number of aryl methyl sites for hydroxylation is 1. The summed E-state index contributed by atoms with van der Waals surface area (Å²) in [6, 6.07) is 16.4. The van der Waals surface area contributed by atoms with Gasteiger partial charge in [0, 0.05) is 12.1 Å². The molecular weight excluding hydrogens is 388 g/mol. The van der Waals surface area contributed by atoms with E-state index in [9.17, 15) is 9.59 Å². The van der Waals surface area contributed by atoms with E-state index in [0.717, 1.165) is 22.7 Å². The van der Waals surface area contributed by atoms with E-state index in [4.69, 9.17) is 4.74 Å². The summed E-state index contributed by atoms with van der Waals surface area (Å²) in [6.07, 6.45) is 1.06. The minimum atomic E-state index is -0.238. The maximum absolute atomic E-state index is 12.3. The number of carbonyl (C=O) groups is 2. The zero-order valence-corrected chi connectivity index (χ0v) is 16.9. The van der Waals surface area contributed by atoms with E-state index < -0.39 is 0 Å². The highest BCUT2D eigenvalue weighted by Gasteiger charge is 2.10. The van der Waals surface area contributed by atoms with E-state index in [-0.39, 0.29) is 18.2 Å². The van der Waals surface area contributed by atoms with Crippen LogP contribution >= 0.6 is 11.3 Å². The standard InChI is InChI=1S/C21H22N4O3S/c1-2-19-24-25-21(29-19)23-20(27)16-10-8-15(9-11-16)14-22-18(26)12-13-28-17-6-4-3-5-7-17/h3-11H,2,12-14H2,1H3,(H,22,26)(H,23,25,27). The Hall–Kier alpha value is -3.26. The van der Waals surface area contributed by atoms with Crippen LogP contribution < -0.4 is 15.4 Å². The Kier molecular flexibility index (Phi) is 7.29. The number of anilines is 1. The van der Waals surface area contributed by atoms with E-state index >= 15 is 0 Å². The number of carbonyl (C=O) groups excluding carboxylic acids is 2. The van der Waals surface area contributed by atoms with Crippen LogP contribution in [0, 0.1) is 0 Å². The Bertz CT molecular complexity index is 942. The van der Waals surface area contributed by atoms with Crippen LogP contribution in [0.2, 0.25) is 0 Å². The van der Waals surface area contributed by atoms with Gasteiger partial charge in [-0.25, -0.2) is 0 Å². The first-order valence-corrected chi connectivity index (χ1v) is 10.1. The molecule has 1 heterocycles. The average molecular weight is 410 g/mol. The molecule has 0 aliphatic heterocycles. The molecule has 0 fully saturated rings. The summed E-state index contributed by atoms with van der Waals surface area (Å²) in [6.45, 7) is 2.70. The van der Waals surface area contributed by atoms with Crippen molar-refractivity contribution in [3.8, 4) is 5.75 Å². The molecule has 8 heteroatoms. The highest BCUT2D eigenvalue weighted by Crippen LogP contribution is 2.16. The van der Waals surface area contributed by atoms with Gasteiger partial charge in [0.15, 0.2) is 0 Å². The Morgan fingerprint density at radius 2 is 1.79 bits per heavy atom. The monoisotopic (exact) mass is 410 g/mol. The van der Waals surface area contributed by atoms with Gasteiger partial charge in [0.25, 0.3) is 5.91 Å². The molecule has 0 saturated carbocycles. The molecule has 2 amide bonds. The van der Waals surface area contributed by atoms with Crippen molar-refractivity contribution < 1.29 is 14.3 Å². The summed E-state index contributed by atoms with van der Waals surface area (Å²) in [5, 5.41) is 14.9. The number of aromatic nitrogens is 2. The fraction of sp³-hybridized carbons (Fsp3) is 0.238. The molecule has 3 rings (SSSR count). The second-order valence-corrected chi connectivity index (χ2v) is 7.26. The van der Waals surface area contributed by atoms with Crippen LogP contribution in [0.15, 0.2) is 54.6 Å². The molecule has 0 spiro atoms. The van der Waals surface area contributed by atoms with Crippen molar-refractivity contribution in [1.29, 1.82) is 0 Å². The van der Waals surface area contributed by atoms with E-state index in [1.54, 1.807) is 12.1 Å². The van der Waals surface area contributed by atoms with Gasteiger partial charge in [0.2, 0.25) is 11.0 Å².